The zero-order valence-corrected chi connectivity index (χ0v) is 19.6. The van der Waals surface area contributed by atoms with E-state index in [2.05, 4.69) is 31.8 Å². The van der Waals surface area contributed by atoms with Gasteiger partial charge < -0.3 is 0 Å². The van der Waals surface area contributed by atoms with Crippen LogP contribution in [-0.4, -0.2) is 48.7 Å². The molecule has 1 saturated carbocycles. The van der Waals surface area contributed by atoms with Gasteiger partial charge in [-0.2, -0.15) is 5.10 Å². The van der Waals surface area contributed by atoms with E-state index in [1.807, 2.05) is 48.7 Å². The Morgan fingerprint density at radius 3 is 2.67 bits per heavy atom. The van der Waals surface area contributed by atoms with Gasteiger partial charge in [0, 0.05) is 30.4 Å². The maximum Gasteiger partial charge on any atom is 0.253 e. The number of amides is 1. The highest BCUT2D eigenvalue weighted by Gasteiger charge is 2.29. The van der Waals surface area contributed by atoms with Crippen LogP contribution in [0, 0.1) is 5.92 Å². The molecule has 1 aliphatic heterocycles. The molecule has 2 atom stereocenters. The van der Waals surface area contributed by atoms with E-state index in [0.717, 1.165) is 40.7 Å². The van der Waals surface area contributed by atoms with Crippen molar-refractivity contribution in [1.29, 1.82) is 0 Å². The first-order valence-corrected chi connectivity index (χ1v) is 12.6. The molecule has 33 heavy (non-hydrogen) atoms. The van der Waals surface area contributed by atoms with E-state index in [1.165, 1.54) is 31.0 Å². The molecule has 2 aromatic heterocycles. The summed E-state index contributed by atoms with van der Waals surface area (Å²) in [5.74, 6) is 1.66. The first-order chi connectivity index (χ1) is 16.2. The van der Waals surface area contributed by atoms with Crippen molar-refractivity contribution in [3.63, 3.8) is 0 Å². The van der Waals surface area contributed by atoms with Gasteiger partial charge in [0.05, 0.1) is 18.0 Å². The Kier molecular flexibility index (Phi) is 6.53. The molecule has 0 spiro atoms. The fourth-order valence-corrected chi connectivity index (χ4v) is 5.58. The van der Waals surface area contributed by atoms with Crippen molar-refractivity contribution < 1.29 is 4.79 Å². The molecule has 2 aliphatic rings. The van der Waals surface area contributed by atoms with Crippen LogP contribution in [0.3, 0.4) is 0 Å². The molecule has 0 radical (unpaired) electrons. The van der Waals surface area contributed by atoms with Crippen molar-refractivity contribution in [3.8, 4) is 11.4 Å². The Hall–Kier alpha value is -3.00. The predicted molar refractivity (Wildman–Crippen MR) is 130 cm³/mol. The maximum atomic E-state index is 13.0. The molecule has 1 aliphatic carbocycles. The summed E-state index contributed by atoms with van der Waals surface area (Å²) in [6.07, 6.45) is 9.14. The Labute approximate surface area is 198 Å². The molecular weight excluding hydrogens is 432 g/mol. The van der Waals surface area contributed by atoms with Gasteiger partial charge in [-0.25, -0.2) is 5.01 Å². The van der Waals surface area contributed by atoms with E-state index in [9.17, 15) is 4.79 Å². The van der Waals surface area contributed by atoms with Crippen LogP contribution in [0.4, 0.5) is 0 Å². The van der Waals surface area contributed by atoms with Crippen LogP contribution in [-0.2, 0) is 4.79 Å². The number of hydrazone groups is 1. The maximum absolute atomic E-state index is 13.0. The van der Waals surface area contributed by atoms with Gasteiger partial charge in [-0.1, -0.05) is 61.9 Å². The van der Waals surface area contributed by atoms with E-state index in [1.54, 1.807) is 11.2 Å². The van der Waals surface area contributed by atoms with E-state index < -0.39 is 0 Å². The van der Waals surface area contributed by atoms with Gasteiger partial charge in [0.2, 0.25) is 0 Å². The van der Waals surface area contributed by atoms with Gasteiger partial charge in [0.1, 0.15) is 0 Å². The minimum atomic E-state index is 0.0000940. The van der Waals surface area contributed by atoms with Gasteiger partial charge >= 0.3 is 0 Å². The number of rotatable bonds is 6. The molecule has 0 bridgehead atoms. The van der Waals surface area contributed by atoms with Crippen molar-refractivity contribution in [2.24, 2.45) is 11.0 Å². The molecule has 170 valence electrons. The van der Waals surface area contributed by atoms with Crippen LogP contribution in [0.1, 0.15) is 50.6 Å². The van der Waals surface area contributed by atoms with Gasteiger partial charge in [0.25, 0.3) is 5.91 Å². The number of hydrogen-bond donors (Lipinski definition) is 0. The summed E-state index contributed by atoms with van der Waals surface area (Å²) >= 11 is 1.46. The lowest BCUT2D eigenvalue weighted by molar-refractivity contribution is -0.127. The van der Waals surface area contributed by atoms with E-state index >= 15 is 0 Å². The topological polar surface area (TPSA) is 76.3 Å². The Bertz CT molecular complexity index is 1130. The third-order valence-electron chi connectivity index (χ3n) is 6.50. The Morgan fingerprint density at radius 2 is 1.88 bits per heavy atom. The van der Waals surface area contributed by atoms with Gasteiger partial charge in [-0.3, -0.25) is 14.3 Å². The number of aromatic nitrogens is 4. The van der Waals surface area contributed by atoms with Gasteiger partial charge in [-0.15, -0.1) is 10.2 Å². The fraction of sp³-hybridized carbons (Fsp3) is 0.400. The third kappa shape index (κ3) is 4.71. The Morgan fingerprint density at radius 1 is 1.06 bits per heavy atom. The second-order valence-corrected chi connectivity index (χ2v) is 9.66. The second kappa shape index (κ2) is 9.87. The van der Waals surface area contributed by atoms with Crippen LogP contribution in [0.2, 0.25) is 0 Å². The van der Waals surface area contributed by atoms with Crippen molar-refractivity contribution >= 4 is 23.4 Å². The molecular formula is C25H28N6OS. The number of hydrogen-bond acceptors (Lipinski definition) is 6. The number of thioether (sulfide) groups is 1. The van der Waals surface area contributed by atoms with Crippen molar-refractivity contribution in [3.05, 3.63) is 60.4 Å². The fourth-order valence-electron chi connectivity index (χ4n) is 4.72. The van der Waals surface area contributed by atoms with Crippen LogP contribution in [0.25, 0.3) is 11.4 Å². The summed E-state index contributed by atoms with van der Waals surface area (Å²) in [6, 6.07) is 14.3. The zero-order chi connectivity index (χ0) is 22.6. The average Bonchev–Trinajstić information content (AvgIpc) is 3.52. The summed E-state index contributed by atoms with van der Waals surface area (Å²) < 4.78 is 2.25. The zero-order valence-electron chi connectivity index (χ0n) is 18.8. The first-order valence-electron chi connectivity index (χ1n) is 11.6. The van der Waals surface area contributed by atoms with Crippen molar-refractivity contribution in [2.75, 3.05) is 12.3 Å². The molecule has 7 nitrogen and oxygen atoms in total. The molecule has 0 saturated heterocycles. The van der Waals surface area contributed by atoms with Crippen molar-refractivity contribution in [1.82, 2.24) is 24.8 Å². The van der Waals surface area contributed by atoms with Crippen LogP contribution in [0.5, 0.6) is 0 Å². The number of pyridine rings is 1. The Balaban J connectivity index is 1.35. The molecule has 1 amide bonds. The van der Waals surface area contributed by atoms with E-state index in [4.69, 9.17) is 0 Å². The van der Waals surface area contributed by atoms with Crippen LogP contribution < -0.4 is 0 Å². The van der Waals surface area contributed by atoms with Gasteiger partial charge in [0.15, 0.2) is 11.0 Å². The second-order valence-electron chi connectivity index (χ2n) is 8.72. The predicted octanol–water partition coefficient (Wildman–Crippen LogP) is 4.82. The molecule has 0 N–H and O–H groups in total. The number of benzene rings is 1. The molecule has 5 rings (SSSR count). The highest BCUT2D eigenvalue weighted by molar-refractivity contribution is 7.99. The number of carbonyl (C=O) groups is 1. The molecule has 1 fully saturated rings. The summed E-state index contributed by atoms with van der Waals surface area (Å²) in [6.45, 7) is 2.93. The highest BCUT2D eigenvalue weighted by atomic mass is 32.2. The van der Waals surface area contributed by atoms with Crippen LogP contribution >= 0.6 is 11.8 Å². The minimum absolute atomic E-state index is 0.0000940. The molecule has 8 heteroatoms. The quantitative estimate of drug-likeness (QED) is 0.493. The summed E-state index contributed by atoms with van der Waals surface area (Å²) in [4.78, 5) is 17.2. The first kappa shape index (κ1) is 21.8. The average molecular weight is 461 g/mol. The standard InChI is InChI=1S/C25H28N6OS/c1-18-8-5-6-12-22(18)31-24(20-11-7-14-26-16-20)27-28-25(31)33-17-23(32)30-15-13-21(29-30)19-9-3-2-4-10-19/h2-4,7,9-11,14,16,18,22H,5-6,8,12-13,15,17H2,1H3/t18-,22-/m0/s1. The lowest BCUT2D eigenvalue weighted by Crippen LogP contribution is -2.26. The normalized spacial score (nSPS) is 20.6. The largest absolute Gasteiger partial charge is 0.299 e. The SMILES string of the molecule is C[C@H]1CCCC[C@@H]1n1c(SCC(=O)N2CCC(c3ccccc3)=N2)nnc1-c1cccnc1. The number of carbonyl (C=O) groups excluding carboxylic acids is 1. The third-order valence-corrected chi connectivity index (χ3v) is 7.43. The highest BCUT2D eigenvalue weighted by Crippen LogP contribution is 2.39. The number of nitrogens with zero attached hydrogens (tertiary/aromatic N) is 6. The van der Waals surface area contributed by atoms with Crippen molar-refractivity contribution in [2.45, 2.75) is 50.2 Å². The molecule has 3 heterocycles. The van der Waals surface area contributed by atoms with Crippen LogP contribution in [0.15, 0.2) is 65.1 Å². The van der Waals surface area contributed by atoms with E-state index in [0.29, 0.717) is 18.5 Å². The summed E-state index contributed by atoms with van der Waals surface area (Å²) in [5, 5.41) is 16.0. The van der Waals surface area contributed by atoms with E-state index in [-0.39, 0.29) is 11.7 Å². The molecule has 3 aromatic rings. The molecule has 0 unspecified atom stereocenters. The smallest absolute Gasteiger partial charge is 0.253 e. The summed E-state index contributed by atoms with van der Waals surface area (Å²) in [7, 11) is 0. The lowest BCUT2D eigenvalue weighted by Gasteiger charge is -2.31. The van der Waals surface area contributed by atoms with Gasteiger partial charge in [-0.05, 0) is 36.5 Å². The lowest BCUT2D eigenvalue weighted by atomic mass is 9.85. The minimum Gasteiger partial charge on any atom is -0.299 e. The molecule has 1 aromatic carbocycles. The monoisotopic (exact) mass is 460 g/mol. The summed E-state index contributed by atoms with van der Waals surface area (Å²) in [5.41, 5.74) is 3.00.